The number of phenolic OH excluding ortho intramolecular Hbond substituents is 1. The van der Waals surface area contributed by atoms with Gasteiger partial charge < -0.3 is 10.4 Å². The van der Waals surface area contributed by atoms with Crippen LogP contribution in [0.4, 0.5) is 13.2 Å². The highest BCUT2D eigenvalue weighted by molar-refractivity contribution is 6.02. The molecule has 1 atom stereocenters. The second-order valence-electron chi connectivity index (χ2n) is 5.06. The van der Waals surface area contributed by atoms with E-state index in [1.165, 1.54) is 0 Å². The SMILES string of the molecule is CC(C(=O)c1ccc(C(F)(F)F)cc1O)N1CCNCC1. The Kier molecular flexibility index (Phi) is 4.53. The summed E-state index contributed by atoms with van der Waals surface area (Å²) in [6.07, 6.45) is -4.54. The van der Waals surface area contributed by atoms with Crippen LogP contribution in [0.25, 0.3) is 0 Å². The van der Waals surface area contributed by atoms with Gasteiger partial charge in [0, 0.05) is 26.2 Å². The van der Waals surface area contributed by atoms with Gasteiger partial charge in [-0.1, -0.05) is 0 Å². The first-order chi connectivity index (χ1) is 9.80. The molecular formula is C14H17F3N2O2. The van der Waals surface area contributed by atoms with E-state index >= 15 is 0 Å². The topological polar surface area (TPSA) is 52.6 Å². The van der Waals surface area contributed by atoms with Crippen LogP contribution in [-0.2, 0) is 6.18 Å². The second kappa shape index (κ2) is 6.03. The molecule has 0 spiro atoms. The van der Waals surface area contributed by atoms with Gasteiger partial charge in [-0.3, -0.25) is 9.69 Å². The number of rotatable bonds is 3. The monoisotopic (exact) mass is 302 g/mol. The summed E-state index contributed by atoms with van der Waals surface area (Å²) in [4.78, 5) is 14.3. The highest BCUT2D eigenvalue weighted by Crippen LogP contribution is 2.33. The van der Waals surface area contributed by atoms with Crippen LogP contribution in [0.3, 0.4) is 0 Å². The molecule has 1 unspecified atom stereocenters. The third kappa shape index (κ3) is 3.54. The summed E-state index contributed by atoms with van der Waals surface area (Å²) in [6, 6.07) is 1.98. The third-order valence-corrected chi connectivity index (χ3v) is 3.67. The molecule has 2 rings (SSSR count). The molecule has 0 aliphatic carbocycles. The maximum absolute atomic E-state index is 12.5. The molecule has 0 radical (unpaired) electrons. The highest BCUT2D eigenvalue weighted by atomic mass is 19.4. The highest BCUT2D eigenvalue weighted by Gasteiger charge is 2.32. The summed E-state index contributed by atoms with van der Waals surface area (Å²) in [5, 5.41) is 12.9. The van der Waals surface area contributed by atoms with E-state index in [9.17, 15) is 23.1 Å². The van der Waals surface area contributed by atoms with Gasteiger partial charge in [-0.05, 0) is 25.1 Å². The fraction of sp³-hybridized carbons (Fsp3) is 0.500. The molecule has 1 aliphatic heterocycles. The molecule has 1 aliphatic rings. The number of carbonyl (C=O) groups excluding carboxylic acids is 1. The van der Waals surface area contributed by atoms with Gasteiger partial charge in [0.25, 0.3) is 0 Å². The molecule has 1 fully saturated rings. The zero-order valence-corrected chi connectivity index (χ0v) is 11.6. The van der Waals surface area contributed by atoms with Gasteiger partial charge in [0.1, 0.15) is 5.75 Å². The van der Waals surface area contributed by atoms with Crippen molar-refractivity contribution in [3.8, 4) is 5.75 Å². The van der Waals surface area contributed by atoms with Gasteiger partial charge in [0.15, 0.2) is 5.78 Å². The number of piperazine rings is 1. The van der Waals surface area contributed by atoms with Gasteiger partial charge in [0.05, 0.1) is 17.2 Å². The number of carbonyl (C=O) groups is 1. The molecular weight excluding hydrogens is 285 g/mol. The fourth-order valence-corrected chi connectivity index (χ4v) is 2.38. The van der Waals surface area contributed by atoms with E-state index in [1.807, 2.05) is 4.90 Å². The largest absolute Gasteiger partial charge is 0.507 e. The van der Waals surface area contributed by atoms with Crippen molar-refractivity contribution in [3.63, 3.8) is 0 Å². The Morgan fingerprint density at radius 3 is 2.48 bits per heavy atom. The van der Waals surface area contributed by atoms with E-state index in [0.29, 0.717) is 19.2 Å². The van der Waals surface area contributed by atoms with Crippen LogP contribution in [0.5, 0.6) is 5.75 Å². The van der Waals surface area contributed by atoms with Crippen LogP contribution in [0.1, 0.15) is 22.8 Å². The van der Waals surface area contributed by atoms with Crippen molar-refractivity contribution in [2.75, 3.05) is 26.2 Å². The number of alkyl halides is 3. The first-order valence-electron chi connectivity index (χ1n) is 6.70. The number of hydrogen-bond acceptors (Lipinski definition) is 4. The zero-order chi connectivity index (χ0) is 15.6. The van der Waals surface area contributed by atoms with Crippen LogP contribution >= 0.6 is 0 Å². The van der Waals surface area contributed by atoms with Crippen LogP contribution in [0.15, 0.2) is 18.2 Å². The van der Waals surface area contributed by atoms with E-state index in [-0.39, 0.29) is 11.3 Å². The Bertz CT molecular complexity index is 525. The number of benzene rings is 1. The molecule has 1 aromatic rings. The quantitative estimate of drug-likeness (QED) is 0.837. The lowest BCUT2D eigenvalue weighted by molar-refractivity contribution is -0.137. The fourth-order valence-electron chi connectivity index (χ4n) is 2.38. The second-order valence-corrected chi connectivity index (χ2v) is 5.06. The predicted molar refractivity (Wildman–Crippen MR) is 71.3 cm³/mol. The lowest BCUT2D eigenvalue weighted by Gasteiger charge is -2.32. The maximum atomic E-state index is 12.5. The molecule has 21 heavy (non-hydrogen) atoms. The Morgan fingerprint density at radius 1 is 1.33 bits per heavy atom. The molecule has 0 saturated carbocycles. The van der Waals surface area contributed by atoms with E-state index in [2.05, 4.69) is 5.32 Å². The molecule has 2 N–H and O–H groups in total. The average Bonchev–Trinajstić information content (AvgIpc) is 2.45. The standard InChI is InChI=1S/C14H17F3N2O2/c1-9(19-6-4-18-5-7-19)13(21)11-3-2-10(8-12(11)20)14(15,16)17/h2-3,8-9,18,20H,4-7H2,1H3. The molecule has 1 aromatic carbocycles. The number of Topliss-reactive ketones (excluding diaryl/α,β-unsaturated/α-hetero) is 1. The minimum atomic E-state index is -4.54. The van der Waals surface area contributed by atoms with E-state index in [1.54, 1.807) is 6.92 Å². The van der Waals surface area contributed by atoms with E-state index in [4.69, 9.17) is 0 Å². The number of halogens is 3. The summed E-state index contributed by atoms with van der Waals surface area (Å²) in [7, 11) is 0. The van der Waals surface area contributed by atoms with E-state index in [0.717, 1.165) is 25.2 Å². The van der Waals surface area contributed by atoms with Crippen molar-refractivity contribution in [2.45, 2.75) is 19.1 Å². The first kappa shape index (κ1) is 15.8. The molecule has 7 heteroatoms. The van der Waals surface area contributed by atoms with Gasteiger partial charge in [-0.25, -0.2) is 0 Å². The molecule has 4 nitrogen and oxygen atoms in total. The zero-order valence-electron chi connectivity index (χ0n) is 11.6. The van der Waals surface area contributed by atoms with Crippen molar-refractivity contribution in [2.24, 2.45) is 0 Å². The van der Waals surface area contributed by atoms with Crippen molar-refractivity contribution < 1.29 is 23.1 Å². The lowest BCUT2D eigenvalue weighted by Crippen LogP contribution is -2.50. The average molecular weight is 302 g/mol. The Balaban J connectivity index is 2.19. The van der Waals surface area contributed by atoms with Crippen molar-refractivity contribution in [1.29, 1.82) is 0 Å². The number of ketones is 1. The number of hydrogen-bond donors (Lipinski definition) is 2. The predicted octanol–water partition coefficient (Wildman–Crippen LogP) is 1.89. The first-order valence-corrected chi connectivity index (χ1v) is 6.70. The summed E-state index contributed by atoms with van der Waals surface area (Å²) < 4.78 is 37.6. The van der Waals surface area contributed by atoms with Gasteiger partial charge in [0.2, 0.25) is 0 Å². The molecule has 116 valence electrons. The Hall–Kier alpha value is -1.60. The molecule has 0 bridgehead atoms. The molecule has 1 heterocycles. The number of nitrogens with one attached hydrogen (secondary N) is 1. The van der Waals surface area contributed by atoms with Crippen molar-refractivity contribution in [3.05, 3.63) is 29.3 Å². The summed E-state index contributed by atoms with van der Waals surface area (Å²) in [6.45, 7) is 4.60. The number of nitrogens with zero attached hydrogens (tertiary/aromatic N) is 1. The normalized spacial score (nSPS) is 18.5. The van der Waals surface area contributed by atoms with Gasteiger partial charge in [-0.2, -0.15) is 13.2 Å². The summed E-state index contributed by atoms with van der Waals surface area (Å²) in [5.74, 6) is -1.00. The maximum Gasteiger partial charge on any atom is 0.416 e. The molecule has 0 amide bonds. The number of aromatic hydroxyl groups is 1. The molecule has 0 aromatic heterocycles. The molecule has 1 saturated heterocycles. The van der Waals surface area contributed by atoms with Crippen LogP contribution in [0.2, 0.25) is 0 Å². The minimum absolute atomic E-state index is 0.0750. The van der Waals surface area contributed by atoms with Crippen LogP contribution in [-0.4, -0.2) is 48.0 Å². The van der Waals surface area contributed by atoms with Crippen LogP contribution in [0, 0.1) is 0 Å². The Morgan fingerprint density at radius 2 is 1.95 bits per heavy atom. The summed E-state index contributed by atoms with van der Waals surface area (Å²) >= 11 is 0. The minimum Gasteiger partial charge on any atom is -0.507 e. The van der Waals surface area contributed by atoms with Gasteiger partial charge in [-0.15, -0.1) is 0 Å². The van der Waals surface area contributed by atoms with E-state index < -0.39 is 23.5 Å². The number of phenols is 1. The lowest BCUT2D eigenvalue weighted by atomic mass is 10.0. The smallest absolute Gasteiger partial charge is 0.416 e. The van der Waals surface area contributed by atoms with Crippen molar-refractivity contribution in [1.82, 2.24) is 10.2 Å². The van der Waals surface area contributed by atoms with Crippen LogP contribution < -0.4 is 5.32 Å². The summed E-state index contributed by atoms with van der Waals surface area (Å²) in [5.41, 5.74) is -1.04. The third-order valence-electron chi connectivity index (χ3n) is 3.67. The van der Waals surface area contributed by atoms with Crippen molar-refractivity contribution >= 4 is 5.78 Å². The van der Waals surface area contributed by atoms with Gasteiger partial charge >= 0.3 is 6.18 Å². The Labute approximate surface area is 120 Å².